The van der Waals surface area contributed by atoms with Gasteiger partial charge in [0.1, 0.15) is 5.82 Å². The summed E-state index contributed by atoms with van der Waals surface area (Å²) in [7, 11) is 0. The molecule has 1 amide bonds. The zero-order chi connectivity index (χ0) is 9.14. The van der Waals surface area contributed by atoms with Crippen molar-refractivity contribution >= 4 is 17.5 Å². The van der Waals surface area contributed by atoms with Gasteiger partial charge in [0.2, 0.25) is 0 Å². The van der Waals surface area contributed by atoms with Crippen molar-refractivity contribution in [3.05, 3.63) is 34.6 Å². The SMILES string of the molecule is NNC(=O)c1ccc(F)cc1Cl. The molecule has 1 aromatic rings. The van der Waals surface area contributed by atoms with Crippen LogP contribution in [0.3, 0.4) is 0 Å². The molecule has 3 N–H and O–H groups in total. The lowest BCUT2D eigenvalue weighted by Crippen LogP contribution is -2.30. The normalized spacial score (nSPS) is 9.58. The van der Waals surface area contributed by atoms with Gasteiger partial charge in [-0.2, -0.15) is 0 Å². The quantitative estimate of drug-likeness (QED) is 0.394. The van der Waals surface area contributed by atoms with Gasteiger partial charge in [-0.05, 0) is 18.2 Å². The second kappa shape index (κ2) is 3.51. The molecule has 64 valence electrons. The first-order valence-corrected chi connectivity index (χ1v) is 3.49. The Hall–Kier alpha value is -1.13. The minimum absolute atomic E-state index is 0.0398. The van der Waals surface area contributed by atoms with E-state index in [2.05, 4.69) is 0 Å². The number of carbonyl (C=O) groups is 1. The molecule has 12 heavy (non-hydrogen) atoms. The predicted octanol–water partition coefficient (Wildman–Crippen LogP) is 1.08. The van der Waals surface area contributed by atoms with Gasteiger partial charge >= 0.3 is 0 Å². The first-order chi connectivity index (χ1) is 5.65. The van der Waals surface area contributed by atoms with Gasteiger partial charge in [0.25, 0.3) is 5.91 Å². The van der Waals surface area contributed by atoms with E-state index in [1.165, 1.54) is 6.07 Å². The topological polar surface area (TPSA) is 55.1 Å². The van der Waals surface area contributed by atoms with Crippen LogP contribution in [-0.4, -0.2) is 5.91 Å². The van der Waals surface area contributed by atoms with E-state index in [0.717, 1.165) is 12.1 Å². The second-order valence-corrected chi connectivity index (χ2v) is 2.50. The third kappa shape index (κ3) is 1.72. The monoisotopic (exact) mass is 188 g/mol. The molecule has 0 heterocycles. The van der Waals surface area contributed by atoms with Gasteiger partial charge in [-0.1, -0.05) is 11.6 Å². The Morgan fingerprint density at radius 2 is 2.25 bits per heavy atom. The Bertz CT molecular complexity index is 316. The van der Waals surface area contributed by atoms with Gasteiger partial charge in [-0.3, -0.25) is 10.2 Å². The molecule has 0 fully saturated rings. The lowest BCUT2D eigenvalue weighted by atomic mass is 10.2. The number of hydrogen-bond acceptors (Lipinski definition) is 2. The fourth-order valence-corrected chi connectivity index (χ4v) is 1.00. The molecule has 0 saturated heterocycles. The van der Waals surface area contributed by atoms with Crippen LogP contribution >= 0.6 is 11.6 Å². The minimum Gasteiger partial charge on any atom is -0.290 e. The summed E-state index contributed by atoms with van der Waals surface area (Å²) in [6.07, 6.45) is 0. The Morgan fingerprint density at radius 3 is 2.75 bits per heavy atom. The lowest BCUT2D eigenvalue weighted by molar-refractivity contribution is 0.0954. The Labute approximate surface area is 73.3 Å². The van der Waals surface area contributed by atoms with Gasteiger partial charge in [0.15, 0.2) is 0 Å². The van der Waals surface area contributed by atoms with E-state index >= 15 is 0 Å². The fourth-order valence-electron chi connectivity index (χ4n) is 0.751. The molecule has 0 aromatic heterocycles. The maximum absolute atomic E-state index is 12.5. The molecule has 0 saturated carbocycles. The van der Waals surface area contributed by atoms with Gasteiger partial charge in [-0.15, -0.1) is 0 Å². The molecule has 0 bridgehead atoms. The van der Waals surface area contributed by atoms with Gasteiger partial charge in [0, 0.05) is 0 Å². The van der Waals surface area contributed by atoms with Crippen LogP contribution in [-0.2, 0) is 0 Å². The summed E-state index contributed by atoms with van der Waals surface area (Å²) in [6, 6.07) is 3.45. The van der Waals surface area contributed by atoms with Crippen molar-refractivity contribution in [3.8, 4) is 0 Å². The summed E-state index contributed by atoms with van der Waals surface area (Å²) in [5.74, 6) is 3.83. The predicted molar refractivity (Wildman–Crippen MR) is 43.1 cm³/mol. The zero-order valence-corrected chi connectivity index (χ0v) is 6.73. The van der Waals surface area contributed by atoms with Crippen molar-refractivity contribution in [3.63, 3.8) is 0 Å². The third-order valence-electron chi connectivity index (χ3n) is 1.31. The molecule has 0 atom stereocenters. The third-order valence-corrected chi connectivity index (χ3v) is 1.62. The van der Waals surface area contributed by atoms with Crippen LogP contribution in [0.2, 0.25) is 5.02 Å². The van der Waals surface area contributed by atoms with Gasteiger partial charge in [0.05, 0.1) is 10.6 Å². The molecule has 5 heteroatoms. The largest absolute Gasteiger partial charge is 0.290 e. The zero-order valence-electron chi connectivity index (χ0n) is 5.97. The molecule has 0 aliphatic carbocycles. The highest BCUT2D eigenvalue weighted by Gasteiger charge is 2.08. The van der Waals surface area contributed by atoms with Crippen LogP contribution in [0.1, 0.15) is 10.4 Å². The number of carbonyl (C=O) groups excluding carboxylic acids is 1. The summed E-state index contributed by atoms with van der Waals surface area (Å²) in [6.45, 7) is 0. The molecule has 3 nitrogen and oxygen atoms in total. The molecule has 1 rings (SSSR count). The Morgan fingerprint density at radius 1 is 1.58 bits per heavy atom. The van der Waals surface area contributed by atoms with Crippen LogP contribution in [0.15, 0.2) is 18.2 Å². The maximum atomic E-state index is 12.5. The van der Waals surface area contributed by atoms with Crippen LogP contribution in [0.25, 0.3) is 0 Å². The molecule has 0 radical (unpaired) electrons. The molecular formula is C7H6ClFN2O. The average Bonchev–Trinajstić information content (AvgIpc) is 2.03. The van der Waals surface area contributed by atoms with Crippen LogP contribution < -0.4 is 11.3 Å². The molecular weight excluding hydrogens is 183 g/mol. The van der Waals surface area contributed by atoms with E-state index in [4.69, 9.17) is 17.4 Å². The van der Waals surface area contributed by atoms with Crippen LogP contribution in [0, 0.1) is 5.82 Å². The highest BCUT2D eigenvalue weighted by molar-refractivity contribution is 6.33. The van der Waals surface area contributed by atoms with E-state index in [1.54, 1.807) is 0 Å². The second-order valence-electron chi connectivity index (χ2n) is 2.10. The van der Waals surface area contributed by atoms with Crippen LogP contribution in [0.4, 0.5) is 4.39 Å². The molecule has 0 unspecified atom stereocenters. The minimum atomic E-state index is -0.542. The molecule has 1 aromatic carbocycles. The van der Waals surface area contributed by atoms with Gasteiger partial charge < -0.3 is 0 Å². The summed E-state index contributed by atoms with van der Waals surface area (Å²) in [5, 5.41) is 0.0398. The Kier molecular flexibility index (Phi) is 2.62. The standard InChI is InChI=1S/C7H6ClFN2O/c8-6-3-4(9)1-2-5(6)7(12)11-10/h1-3H,10H2,(H,11,12). The van der Waals surface area contributed by atoms with Crippen molar-refractivity contribution < 1.29 is 9.18 Å². The molecule has 0 spiro atoms. The van der Waals surface area contributed by atoms with Crippen molar-refractivity contribution in [1.29, 1.82) is 0 Å². The van der Waals surface area contributed by atoms with E-state index in [0.29, 0.717) is 0 Å². The number of benzene rings is 1. The van der Waals surface area contributed by atoms with E-state index < -0.39 is 11.7 Å². The lowest BCUT2D eigenvalue weighted by Gasteiger charge is -2.01. The fraction of sp³-hybridized carbons (Fsp3) is 0. The van der Waals surface area contributed by atoms with Gasteiger partial charge in [-0.25, -0.2) is 10.2 Å². The first-order valence-electron chi connectivity index (χ1n) is 3.11. The van der Waals surface area contributed by atoms with Crippen molar-refractivity contribution in [1.82, 2.24) is 5.43 Å². The molecule has 0 aliphatic heterocycles. The number of halogens is 2. The van der Waals surface area contributed by atoms with Crippen molar-refractivity contribution in [2.75, 3.05) is 0 Å². The number of hydrazine groups is 1. The highest BCUT2D eigenvalue weighted by Crippen LogP contribution is 2.16. The van der Waals surface area contributed by atoms with E-state index in [9.17, 15) is 9.18 Å². The number of nitrogens with one attached hydrogen (secondary N) is 1. The first kappa shape index (κ1) is 8.96. The Balaban J connectivity index is 3.09. The smallest absolute Gasteiger partial charge is 0.266 e. The van der Waals surface area contributed by atoms with Crippen molar-refractivity contribution in [2.45, 2.75) is 0 Å². The summed E-state index contributed by atoms with van der Waals surface area (Å²) < 4.78 is 12.5. The molecule has 0 aliphatic rings. The van der Waals surface area contributed by atoms with E-state index in [-0.39, 0.29) is 10.6 Å². The van der Waals surface area contributed by atoms with E-state index in [1.807, 2.05) is 5.43 Å². The summed E-state index contributed by atoms with van der Waals surface area (Å²) in [4.78, 5) is 10.9. The number of nitrogen functional groups attached to an aromatic ring is 1. The van der Waals surface area contributed by atoms with Crippen molar-refractivity contribution in [2.24, 2.45) is 5.84 Å². The maximum Gasteiger partial charge on any atom is 0.266 e. The summed E-state index contributed by atoms with van der Waals surface area (Å²) >= 11 is 5.55. The summed E-state index contributed by atoms with van der Waals surface area (Å²) in [5.41, 5.74) is 2.05. The number of amides is 1. The highest BCUT2D eigenvalue weighted by atomic mass is 35.5. The average molecular weight is 189 g/mol. The van der Waals surface area contributed by atoms with Crippen LogP contribution in [0.5, 0.6) is 0 Å². The number of hydrogen-bond donors (Lipinski definition) is 2. The number of nitrogens with two attached hydrogens (primary N) is 1. The number of rotatable bonds is 1.